The van der Waals surface area contributed by atoms with Crippen LogP contribution in [-0.4, -0.2) is 36.4 Å². The number of nitrogens with one attached hydrogen (secondary N) is 3. The summed E-state index contributed by atoms with van der Waals surface area (Å²) in [6, 6.07) is 31.9. The maximum absolute atomic E-state index is 13.8. The number of amides is 3. The highest BCUT2D eigenvalue weighted by atomic mass is 16.5. The molecule has 0 fully saturated rings. The molecule has 4 aromatic carbocycles. The van der Waals surface area contributed by atoms with Gasteiger partial charge in [0.2, 0.25) is 11.8 Å². The zero-order valence-electron chi connectivity index (χ0n) is 25.0. The fraction of sp³-hybridized carbons (Fsp3) is 0.250. The third kappa shape index (κ3) is 9.81. The lowest BCUT2D eigenvalue weighted by atomic mass is 10.0. The first-order valence-corrected chi connectivity index (χ1v) is 14.9. The van der Waals surface area contributed by atoms with Crippen LogP contribution in [0.5, 0.6) is 5.75 Å². The predicted octanol–water partition coefficient (Wildman–Crippen LogP) is 4.32. The van der Waals surface area contributed by atoms with Crippen LogP contribution in [0.2, 0.25) is 0 Å². The van der Waals surface area contributed by atoms with Gasteiger partial charge in [0.25, 0.3) is 5.91 Å². The lowest BCUT2D eigenvalue weighted by Gasteiger charge is -2.24. The van der Waals surface area contributed by atoms with Crippen LogP contribution in [0.1, 0.15) is 46.0 Å². The van der Waals surface area contributed by atoms with Gasteiger partial charge < -0.3 is 26.4 Å². The largest absolute Gasteiger partial charge is 0.494 e. The van der Waals surface area contributed by atoms with E-state index >= 15 is 0 Å². The Morgan fingerprint density at radius 2 is 1.30 bits per heavy atom. The molecule has 0 saturated heterocycles. The van der Waals surface area contributed by atoms with Gasteiger partial charge in [-0.3, -0.25) is 14.4 Å². The molecule has 0 saturated carbocycles. The minimum atomic E-state index is -0.920. The smallest absolute Gasteiger partial charge is 0.251 e. The molecule has 0 heterocycles. The fourth-order valence-electron chi connectivity index (χ4n) is 4.77. The summed E-state index contributed by atoms with van der Waals surface area (Å²) < 4.78 is 5.55. The van der Waals surface area contributed by atoms with E-state index in [1.807, 2.05) is 91.9 Å². The second kappa shape index (κ2) is 16.6. The number of hydrogen-bond acceptors (Lipinski definition) is 5. The van der Waals surface area contributed by atoms with Crippen LogP contribution >= 0.6 is 0 Å². The van der Waals surface area contributed by atoms with E-state index in [1.165, 1.54) is 0 Å². The number of carbonyl (C=O) groups is 3. The number of hydrogen-bond donors (Lipinski definition) is 4. The molecule has 3 amide bonds. The summed E-state index contributed by atoms with van der Waals surface area (Å²) in [4.78, 5) is 40.4. The van der Waals surface area contributed by atoms with E-state index in [1.54, 1.807) is 24.3 Å². The first-order valence-electron chi connectivity index (χ1n) is 14.9. The van der Waals surface area contributed by atoms with E-state index in [2.05, 4.69) is 16.0 Å². The molecule has 0 aromatic heterocycles. The maximum atomic E-state index is 13.8. The summed E-state index contributed by atoms with van der Waals surface area (Å²) in [5.41, 5.74) is 9.97. The summed E-state index contributed by atoms with van der Waals surface area (Å²) in [6.07, 6.45) is 1.21. The molecule has 0 spiro atoms. The van der Waals surface area contributed by atoms with Gasteiger partial charge >= 0.3 is 0 Å². The normalized spacial score (nSPS) is 12.0. The third-order valence-corrected chi connectivity index (χ3v) is 7.25. The summed E-state index contributed by atoms with van der Waals surface area (Å²) in [6.45, 7) is 3.21. The average Bonchev–Trinajstić information content (AvgIpc) is 3.07. The minimum Gasteiger partial charge on any atom is -0.494 e. The lowest BCUT2D eigenvalue weighted by molar-refractivity contribution is -0.130. The van der Waals surface area contributed by atoms with E-state index < -0.39 is 18.0 Å². The molecule has 0 aliphatic rings. The first kappa shape index (κ1) is 32.0. The Morgan fingerprint density at radius 1 is 0.682 bits per heavy atom. The molecule has 4 rings (SSSR count). The Balaban J connectivity index is 1.51. The van der Waals surface area contributed by atoms with Gasteiger partial charge in [0.05, 0.1) is 6.61 Å². The molecule has 8 nitrogen and oxygen atoms in total. The quantitative estimate of drug-likeness (QED) is 0.164. The van der Waals surface area contributed by atoms with Crippen molar-refractivity contribution in [3.05, 3.63) is 137 Å². The summed E-state index contributed by atoms with van der Waals surface area (Å²) >= 11 is 0. The van der Waals surface area contributed by atoms with Gasteiger partial charge in [-0.05, 0) is 66.3 Å². The number of carbonyl (C=O) groups excluding carboxylic acids is 3. The Bertz CT molecular complexity index is 1480. The van der Waals surface area contributed by atoms with Crippen LogP contribution in [0.3, 0.4) is 0 Å². The summed E-state index contributed by atoms with van der Waals surface area (Å²) in [5.74, 6) is -0.390. The van der Waals surface area contributed by atoms with Crippen molar-refractivity contribution in [3.8, 4) is 5.75 Å². The molecule has 5 N–H and O–H groups in total. The number of ether oxygens (including phenoxy) is 1. The van der Waals surface area contributed by atoms with Crippen LogP contribution in [0, 0.1) is 0 Å². The van der Waals surface area contributed by atoms with Gasteiger partial charge in [-0.15, -0.1) is 0 Å². The molecule has 8 heteroatoms. The van der Waals surface area contributed by atoms with Gasteiger partial charge in [0.15, 0.2) is 0 Å². The van der Waals surface area contributed by atoms with Crippen LogP contribution in [0.4, 0.5) is 0 Å². The van der Waals surface area contributed by atoms with Crippen molar-refractivity contribution in [2.75, 3.05) is 6.61 Å². The molecule has 2 atom stereocenters. The van der Waals surface area contributed by atoms with Crippen molar-refractivity contribution in [1.29, 1.82) is 0 Å². The average molecular weight is 593 g/mol. The van der Waals surface area contributed by atoms with Crippen molar-refractivity contribution in [2.24, 2.45) is 5.73 Å². The van der Waals surface area contributed by atoms with Crippen LogP contribution in [0.15, 0.2) is 109 Å². The fourth-order valence-corrected chi connectivity index (χ4v) is 4.77. The van der Waals surface area contributed by atoms with Gasteiger partial charge in [0, 0.05) is 25.1 Å². The number of aryl methyl sites for hydroxylation is 1. The standard InChI is InChI=1S/C36H40N4O4/c1-2-44-31-20-17-27(18-21-31)23-33(40-34(41)30-11-7-4-8-12-30)36(43)39-32(22-19-26-9-5-3-6-10-26)35(42)38-25-29-15-13-28(24-37)14-16-29/h3-18,20-21,32-33H,2,19,22-25,37H2,1H3,(H,38,42)(H,39,43)(H,40,41)/t32-,33+/m0/s1. The van der Waals surface area contributed by atoms with E-state index in [0.717, 1.165) is 28.0 Å². The van der Waals surface area contributed by atoms with Gasteiger partial charge in [-0.2, -0.15) is 0 Å². The number of benzene rings is 4. The second-order valence-electron chi connectivity index (χ2n) is 10.5. The number of nitrogens with two attached hydrogens (primary N) is 1. The van der Waals surface area contributed by atoms with Crippen molar-refractivity contribution in [3.63, 3.8) is 0 Å². The zero-order valence-corrected chi connectivity index (χ0v) is 25.0. The van der Waals surface area contributed by atoms with Gasteiger partial charge in [0.1, 0.15) is 17.8 Å². The van der Waals surface area contributed by atoms with Crippen molar-refractivity contribution in [1.82, 2.24) is 16.0 Å². The van der Waals surface area contributed by atoms with Crippen molar-refractivity contribution >= 4 is 17.7 Å². The number of rotatable bonds is 15. The summed E-state index contributed by atoms with van der Waals surface area (Å²) in [7, 11) is 0. The van der Waals surface area contributed by atoms with Crippen molar-refractivity contribution < 1.29 is 19.1 Å². The first-order chi connectivity index (χ1) is 21.4. The predicted molar refractivity (Wildman–Crippen MR) is 172 cm³/mol. The Morgan fingerprint density at radius 3 is 1.93 bits per heavy atom. The topological polar surface area (TPSA) is 123 Å². The second-order valence-corrected chi connectivity index (χ2v) is 10.5. The summed E-state index contributed by atoms with van der Waals surface area (Å²) in [5, 5.41) is 8.79. The Kier molecular flexibility index (Phi) is 12.1. The molecular weight excluding hydrogens is 552 g/mol. The van der Waals surface area contributed by atoms with Crippen LogP contribution in [0.25, 0.3) is 0 Å². The maximum Gasteiger partial charge on any atom is 0.251 e. The highest BCUT2D eigenvalue weighted by Gasteiger charge is 2.27. The molecule has 0 unspecified atom stereocenters. The highest BCUT2D eigenvalue weighted by Crippen LogP contribution is 2.15. The van der Waals surface area contributed by atoms with E-state index in [0.29, 0.717) is 38.1 Å². The van der Waals surface area contributed by atoms with Gasteiger partial charge in [-0.25, -0.2) is 0 Å². The van der Waals surface area contributed by atoms with E-state index in [-0.39, 0.29) is 18.2 Å². The molecule has 0 radical (unpaired) electrons. The third-order valence-electron chi connectivity index (χ3n) is 7.25. The lowest BCUT2D eigenvalue weighted by Crippen LogP contribution is -2.54. The molecule has 44 heavy (non-hydrogen) atoms. The van der Waals surface area contributed by atoms with E-state index in [4.69, 9.17) is 10.5 Å². The Hall–Kier alpha value is -4.95. The molecule has 0 aliphatic heterocycles. The SMILES string of the molecule is CCOc1ccc(C[C@@H](NC(=O)c2ccccc2)C(=O)N[C@@H](CCc2ccccc2)C(=O)NCc2ccc(CN)cc2)cc1. The molecular formula is C36H40N4O4. The monoisotopic (exact) mass is 592 g/mol. The van der Waals surface area contributed by atoms with E-state index in [9.17, 15) is 14.4 Å². The zero-order chi connectivity index (χ0) is 31.1. The Labute approximate surface area is 259 Å². The molecule has 0 bridgehead atoms. The van der Waals surface area contributed by atoms with Crippen LogP contribution in [-0.2, 0) is 35.5 Å². The minimum absolute atomic E-state index is 0.233. The van der Waals surface area contributed by atoms with Crippen LogP contribution < -0.4 is 26.4 Å². The molecule has 4 aromatic rings. The van der Waals surface area contributed by atoms with Crippen molar-refractivity contribution in [2.45, 2.75) is 51.4 Å². The molecule has 228 valence electrons. The molecule has 0 aliphatic carbocycles. The van der Waals surface area contributed by atoms with Gasteiger partial charge in [-0.1, -0.05) is 84.9 Å². The highest BCUT2D eigenvalue weighted by molar-refractivity contribution is 5.98.